The Kier molecular flexibility index (Phi) is 9.69. The summed E-state index contributed by atoms with van der Waals surface area (Å²) in [6, 6.07) is 16.6. The van der Waals surface area contributed by atoms with E-state index in [2.05, 4.69) is 42.9 Å². The molecule has 0 bridgehead atoms. The van der Waals surface area contributed by atoms with Crippen molar-refractivity contribution in [2.45, 2.75) is 25.7 Å². The molecule has 0 amide bonds. The predicted molar refractivity (Wildman–Crippen MR) is 170 cm³/mol. The first-order valence-corrected chi connectivity index (χ1v) is 15.9. The number of carbonyl (C=O) groups excluding carboxylic acids is 1. The van der Waals surface area contributed by atoms with Crippen LogP contribution in [0.3, 0.4) is 0 Å². The van der Waals surface area contributed by atoms with Crippen LogP contribution < -0.4 is 19.6 Å². The molecule has 0 fully saturated rings. The van der Waals surface area contributed by atoms with Crippen LogP contribution in [0.15, 0.2) is 90.7 Å². The van der Waals surface area contributed by atoms with E-state index < -0.39 is 35.0 Å². The zero-order valence-corrected chi connectivity index (χ0v) is 27.7. The molecule has 0 aliphatic carbocycles. The summed E-state index contributed by atoms with van der Waals surface area (Å²) < 4.78 is 56.6. The van der Waals surface area contributed by atoms with Gasteiger partial charge in [0.1, 0.15) is 12.4 Å². The number of thiazole rings is 1. The molecule has 1 atom stereocenters. The molecule has 14 heteroatoms. The molecule has 4 aromatic rings. The highest BCUT2D eigenvalue weighted by Crippen LogP contribution is 2.39. The molecule has 2 heterocycles. The third-order valence-electron chi connectivity index (χ3n) is 6.57. The van der Waals surface area contributed by atoms with Gasteiger partial charge in [-0.1, -0.05) is 63.1 Å². The van der Waals surface area contributed by atoms with Gasteiger partial charge in [0.25, 0.3) is 5.56 Å². The molecule has 0 N–H and O–H groups in total. The number of esters is 1. The monoisotopic (exact) mass is 779 g/mol. The highest BCUT2D eigenvalue weighted by Gasteiger charge is 2.45. The van der Waals surface area contributed by atoms with Crippen LogP contribution in [0.4, 0.5) is 13.2 Å². The van der Waals surface area contributed by atoms with E-state index in [1.807, 2.05) is 0 Å². The lowest BCUT2D eigenvalue weighted by molar-refractivity contribution is -0.140. The van der Waals surface area contributed by atoms with Crippen LogP contribution in [0.25, 0.3) is 6.08 Å². The smallest absolute Gasteiger partial charge is 0.434 e. The Morgan fingerprint density at radius 2 is 1.84 bits per heavy atom. The van der Waals surface area contributed by atoms with Crippen LogP contribution >= 0.6 is 54.8 Å². The molecule has 1 aromatic heterocycles. The van der Waals surface area contributed by atoms with Gasteiger partial charge in [-0.3, -0.25) is 9.36 Å². The molecule has 0 spiro atoms. The Labute approximate surface area is 279 Å². The summed E-state index contributed by atoms with van der Waals surface area (Å²) in [5.41, 5.74) is -0.981. The number of halogens is 6. The van der Waals surface area contributed by atoms with Gasteiger partial charge < -0.3 is 9.47 Å². The van der Waals surface area contributed by atoms with Gasteiger partial charge >= 0.3 is 12.1 Å². The van der Waals surface area contributed by atoms with Crippen LogP contribution in [-0.2, 0) is 16.1 Å². The van der Waals surface area contributed by atoms with Crippen molar-refractivity contribution < 1.29 is 27.4 Å². The SMILES string of the molecule is CCOC(=O)C1=C(C(F)(F)F)N=c2s/c(=C\c3cc(Br)cc(Br)c3OCc3ccc(C#N)cc3)c(=O)n2[C@H]1c1ccc(Cl)cc1. The first kappa shape index (κ1) is 32.7. The molecule has 0 saturated heterocycles. The van der Waals surface area contributed by atoms with Gasteiger partial charge in [0.05, 0.1) is 38.9 Å². The van der Waals surface area contributed by atoms with E-state index in [4.69, 9.17) is 26.3 Å². The van der Waals surface area contributed by atoms with E-state index >= 15 is 0 Å². The number of alkyl halides is 3. The molecular formula is C31H19Br2ClF3N3O4S. The maximum absolute atomic E-state index is 14.4. The van der Waals surface area contributed by atoms with Crippen molar-refractivity contribution in [3.8, 4) is 11.8 Å². The second kappa shape index (κ2) is 13.3. The summed E-state index contributed by atoms with van der Waals surface area (Å²) in [6.45, 7) is 1.41. The van der Waals surface area contributed by atoms with Crippen LogP contribution in [0, 0.1) is 11.3 Å². The van der Waals surface area contributed by atoms with E-state index in [9.17, 15) is 22.8 Å². The van der Waals surface area contributed by atoms with Gasteiger partial charge in [0.15, 0.2) is 10.5 Å². The first-order chi connectivity index (χ1) is 21.4. The minimum Gasteiger partial charge on any atom is -0.487 e. The number of ether oxygens (including phenoxy) is 2. The lowest BCUT2D eigenvalue weighted by Crippen LogP contribution is -2.41. The van der Waals surface area contributed by atoms with Crippen LogP contribution in [0.1, 0.15) is 35.2 Å². The summed E-state index contributed by atoms with van der Waals surface area (Å²) in [5.74, 6) is -0.872. The maximum Gasteiger partial charge on any atom is 0.434 e. The normalized spacial score (nSPS) is 14.9. The number of carbonyl (C=O) groups is 1. The molecule has 0 radical (unpaired) electrons. The number of hydrogen-bond donors (Lipinski definition) is 0. The summed E-state index contributed by atoms with van der Waals surface area (Å²) >= 11 is 13.7. The van der Waals surface area contributed by atoms with Gasteiger partial charge in [0, 0.05) is 15.1 Å². The quantitative estimate of drug-likeness (QED) is 0.189. The number of hydrogen-bond acceptors (Lipinski definition) is 7. The predicted octanol–water partition coefficient (Wildman–Crippen LogP) is 6.97. The summed E-state index contributed by atoms with van der Waals surface area (Å²) in [7, 11) is 0. The van der Waals surface area contributed by atoms with Crippen molar-refractivity contribution >= 4 is 66.8 Å². The Hall–Kier alpha value is -3.70. The number of nitrogens with zero attached hydrogens (tertiary/aromatic N) is 3. The zero-order valence-electron chi connectivity index (χ0n) is 23.0. The number of aromatic nitrogens is 1. The molecule has 3 aromatic carbocycles. The minimum absolute atomic E-state index is 0.0487. The largest absolute Gasteiger partial charge is 0.487 e. The van der Waals surface area contributed by atoms with Crippen LogP contribution in [-0.4, -0.2) is 23.3 Å². The maximum atomic E-state index is 14.4. The van der Waals surface area contributed by atoms with E-state index in [0.29, 0.717) is 30.8 Å². The third-order valence-corrected chi connectivity index (χ3v) is 8.85. The first-order valence-electron chi connectivity index (χ1n) is 13.1. The number of fused-ring (bicyclic) bond motifs is 1. The lowest BCUT2D eigenvalue weighted by Gasteiger charge is -2.26. The van der Waals surface area contributed by atoms with Gasteiger partial charge in [-0.25, -0.2) is 9.79 Å². The minimum atomic E-state index is -5.02. The lowest BCUT2D eigenvalue weighted by atomic mass is 9.95. The van der Waals surface area contributed by atoms with E-state index in [-0.39, 0.29) is 28.1 Å². The number of benzene rings is 3. The molecule has 45 heavy (non-hydrogen) atoms. The standard InChI is InChI=1S/C31H19Br2ClF3N3O4S/c1-2-43-29(42)24-25(18-7-9-21(34)10-8-18)40-28(41)23(45-30(40)39-27(24)31(35,36)37)12-19-11-20(32)13-22(33)26(19)44-15-17-5-3-16(14-38)4-6-17/h3-13,25H,2,15H2,1H3/b23-12-/t25-/m0/s1. The van der Waals surface area contributed by atoms with Crippen LogP contribution in [0.5, 0.6) is 5.75 Å². The van der Waals surface area contributed by atoms with Gasteiger partial charge in [-0.05, 0) is 76.5 Å². The topological polar surface area (TPSA) is 93.7 Å². The molecule has 230 valence electrons. The van der Waals surface area contributed by atoms with Crippen molar-refractivity contribution in [2.75, 3.05) is 6.61 Å². The summed E-state index contributed by atoms with van der Waals surface area (Å²) in [4.78, 5) is 30.6. The fourth-order valence-corrected chi connectivity index (χ4v) is 7.10. The molecule has 0 saturated carbocycles. The Bertz CT molecular complexity index is 2050. The second-order valence-electron chi connectivity index (χ2n) is 9.52. The molecule has 1 aliphatic heterocycles. The Balaban J connectivity index is 1.69. The number of nitriles is 1. The third kappa shape index (κ3) is 6.94. The van der Waals surface area contributed by atoms with E-state index in [0.717, 1.165) is 21.5 Å². The van der Waals surface area contributed by atoms with Gasteiger partial charge in [0.2, 0.25) is 0 Å². The van der Waals surface area contributed by atoms with Crippen molar-refractivity contribution in [3.63, 3.8) is 0 Å². The molecule has 1 aliphatic rings. The molecule has 5 rings (SSSR count). The van der Waals surface area contributed by atoms with E-state index in [1.54, 1.807) is 36.4 Å². The highest BCUT2D eigenvalue weighted by molar-refractivity contribution is 9.11. The molecule has 0 unspecified atom stereocenters. The number of rotatable bonds is 7. The van der Waals surface area contributed by atoms with Crippen molar-refractivity contribution in [1.29, 1.82) is 5.26 Å². The summed E-state index contributed by atoms with van der Waals surface area (Å²) in [6.07, 6.45) is -3.53. The van der Waals surface area contributed by atoms with Gasteiger partial charge in [-0.2, -0.15) is 18.4 Å². The fourth-order valence-electron chi connectivity index (χ4n) is 4.61. The number of allylic oxidation sites excluding steroid dienone is 1. The average molecular weight is 782 g/mol. The van der Waals surface area contributed by atoms with Crippen molar-refractivity contribution in [2.24, 2.45) is 4.99 Å². The molecule has 7 nitrogen and oxygen atoms in total. The molecular weight excluding hydrogens is 763 g/mol. The zero-order chi connectivity index (χ0) is 32.5. The Morgan fingerprint density at radius 3 is 2.47 bits per heavy atom. The Morgan fingerprint density at radius 1 is 1.16 bits per heavy atom. The van der Waals surface area contributed by atoms with Crippen molar-refractivity contribution in [1.82, 2.24) is 4.57 Å². The fraction of sp³-hybridized carbons (Fsp3) is 0.161. The highest BCUT2D eigenvalue weighted by atomic mass is 79.9. The van der Waals surface area contributed by atoms with Gasteiger partial charge in [-0.15, -0.1) is 0 Å². The van der Waals surface area contributed by atoms with E-state index in [1.165, 1.54) is 37.3 Å². The average Bonchev–Trinajstić information content (AvgIpc) is 3.30. The second-order valence-corrected chi connectivity index (χ2v) is 12.7. The van der Waals surface area contributed by atoms with Crippen molar-refractivity contribution in [3.05, 3.63) is 128 Å². The summed E-state index contributed by atoms with van der Waals surface area (Å²) in [5, 5.41) is 9.37. The van der Waals surface area contributed by atoms with Crippen LogP contribution in [0.2, 0.25) is 5.02 Å².